The van der Waals surface area contributed by atoms with E-state index in [9.17, 15) is 14.4 Å². The van der Waals surface area contributed by atoms with E-state index in [1.807, 2.05) is 36.4 Å². The van der Waals surface area contributed by atoms with E-state index in [1.54, 1.807) is 19.1 Å². The van der Waals surface area contributed by atoms with Crippen molar-refractivity contribution in [2.24, 2.45) is 5.92 Å². The lowest BCUT2D eigenvalue weighted by Crippen LogP contribution is -2.36. The highest BCUT2D eigenvalue weighted by Gasteiger charge is 2.27. The second-order valence-electron chi connectivity index (χ2n) is 6.77. The van der Waals surface area contributed by atoms with Gasteiger partial charge in [0.2, 0.25) is 5.91 Å². The van der Waals surface area contributed by atoms with Gasteiger partial charge in [0.25, 0.3) is 5.91 Å². The number of fused-ring (bicyclic) bond motifs is 1. The fraction of sp³-hybridized carbons (Fsp3) is 0.318. The number of amides is 2. The van der Waals surface area contributed by atoms with Crippen molar-refractivity contribution in [1.82, 2.24) is 10.6 Å². The lowest BCUT2D eigenvalue weighted by molar-refractivity contribution is -0.137. The second-order valence-corrected chi connectivity index (χ2v) is 6.77. The molecule has 2 aromatic carbocycles. The number of carbonyl (C=O) groups excluding carboxylic acids is 3. The largest absolute Gasteiger partial charge is 0.463 e. The van der Waals surface area contributed by atoms with Gasteiger partial charge in [-0.25, -0.2) is 4.79 Å². The summed E-state index contributed by atoms with van der Waals surface area (Å²) >= 11 is 0. The smallest absolute Gasteiger partial charge is 0.330 e. The molecule has 6 nitrogen and oxygen atoms in total. The Hall–Kier alpha value is -3.15. The summed E-state index contributed by atoms with van der Waals surface area (Å²) in [6.07, 6.45) is 4.06. The molecule has 0 unspecified atom stereocenters. The minimum absolute atomic E-state index is 0.0190. The van der Waals surface area contributed by atoms with Crippen LogP contribution in [0.5, 0.6) is 0 Å². The predicted molar refractivity (Wildman–Crippen MR) is 107 cm³/mol. The Morgan fingerprint density at radius 3 is 2.75 bits per heavy atom. The van der Waals surface area contributed by atoms with Crippen LogP contribution in [-0.2, 0) is 14.3 Å². The van der Waals surface area contributed by atoms with Crippen molar-refractivity contribution < 1.29 is 19.1 Å². The van der Waals surface area contributed by atoms with Gasteiger partial charge in [-0.3, -0.25) is 9.59 Å². The first-order chi connectivity index (χ1) is 13.6. The van der Waals surface area contributed by atoms with Crippen LogP contribution in [0.4, 0.5) is 0 Å². The van der Waals surface area contributed by atoms with Gasteiger partial charge in [-0.05, 0) is 42.7 Å². The first-order valence-corrected chi connectivity index (χ1v) is 9.49. The van der Waals surface area contributed by atoms with Gasteiger partial charge in [0.15, 0.2) is 0 Å². The number of benzene rings is 2. The number of rotatable bonds is 7. The van der Waals surface area contributed by atoms with E-state index in [2.05, 4.69) is 10.6 Å². The summed E-state index contributed by atoms with van der Waals surface area (Å²) in [6.45, 7) is 2.65. The summed E-state index contributed by atoms with van der Waals surface area (Å²) in [4.78, 5) is 36.3. The van der Waals surface area contributed by atoms with E-state index in [-0.39, 0.29) is 24.3 Å². The maximum atomic E-state index is 12.8. The molecule has 0 aliphatic carbocycles. The van der Waals surface area contributed by atoms with Gasteiger partial charge in [0.05, 0.1) is 6.61 Å². The molecule has 2 aromatic rings. The molecular weight excluding hydrogens is 356 g/mol. The Balaban J connectivity index is 1.74. The number of hydrogen-bond acceptors (Lipinski definition) is 4. The van der Waals surface area contributed by atoms with E-state index in [4.69, 9.17) is 4.74 Å². The number of hydrogen-bond donors (Lipinski definition) is 2. The van der Waals surface area contributed by atoms with Crippen molar-refractivity contribution in [3.63, 3.8) is 0 Å². The topological polar surface area (TPSA) is 84.5 Å². The Kier molecular flexibility index (Phi) is 6.42. The van der Waals surface area contributed by atoms with Gasteiger partial charge in [-0.1, -0.05) is 36.4 Å². The van der Waals surface area contributed by atoms with Gasteiger partial charge in [0.1, 0.15) is 0 Å². The van der Waals surface area contributed by atoms with Crippen molar-refractivity contribution in [1.29, 1.82) is 0 Å². The molecule has 0 radical (unpaired) electrons. The number of ether oxygens (including phenoxy) is 1. The van der Waals surface area contributed by atoms with Crippen molar-refractivity contribution >= 4 is 28.6 Å². The Bertz CT molecular complexity index is 906. The molecule has 0 bridgehead atoms. The molecule has 28 heavy (non-hydrogen) atoms. The van der Waals surface area contributed by atoms with Crippen LogP contribution in [0, 0.1) is 5.92 Å². The summed E-state index contributed by atoms with van der Waals surface area (Å²) in [5, 5.41) is 7.76. The summed E-state index contributed by atoms with van der Waals surface area (Å²) in [5.74, 6) is -0.922. The van der Waals surface area contributed by atoms with E-state index in [0.29, 0.717) is 24.9 Å². The first kappa shape index (κ1) is 19.6. The van der Waals surface area contributed by atoms with Crippen LogP contribution >= 0.6 is 0 Å². The summed E-state index contributed by atoms with van der Waals surface area (Å²) in [7, 11) is 0. The van der Waals surface area contributed by atoms with Crippen molar-refractivity contribution in [2.75, 3.05) is 13.2 Å². The number of carbonyl (C=O) groups is 3. The standard InChI is InChI=1S/C22H24N2O4/c1-2-28-20(25)10-9-19(14-18-11-12-23-21(18)26)24-22(27)17-8-7-15-5-3-4-6-16(15)13-17/h3-10,13,18-19H,2,11-12,14H2,1H3,(H,23,26)(H,24,27)/t18-,19+/m0/s1. The van der Waals surface area contributed by atoms with Gasteiger partial charge in [-0.2, -0.15) is 0 Å². The van der Waals surface area contributed by atoms with Crippen molar-refractivity contribution in [3.8, 4) is 0 Å². The highest BCUT2D eigenvalue weighted by Crippen LogP contribution is 2.19. The fourth-order valence-electron chi connectivity index (χ4n) is 3.33. The number of esters is 1. The van der Waals surface area contributed by atoms with Crippen LogP contribution in [0.15, 0.2) is 54.6 Å². The van der Waals surface area contributed by atoms with Gasteiger partial charge < -0.3 is 15.4 Å². The molecular formula is C22H24N2O4. The highest BCUT2D eigenvalue weighted by atomic mass is 16.5. The van der Waals surface area contributed by atoms with Crippen LogP contribution in [0.1, 0.15) is 30.1 Å². The number of nitrogens with one attached hydrogen (secondary N) is 2. The summed E-state index contributed by atoms with van der Waals surface area (Å²) < 4.78 is 4.90. The normalized spacial score (nSPS) is 17.5. The SMILES string of the molecule is CCOC(=O)C=C[C@H](C[C@@H]1CCNC1=O)NC(=O)c1ccc2ccccc2c1. The molecule has 1 aliphatic rings. The van der Waals surface area contributed by atoms with E-state index in [0.717, 1.165) is 10.8 Å². The molecule has 2 N–H and O–H groups in total. The van der Waals surface area contributed by atoms with Gasteiger partial charge in [0, 0.05) is 30.1 Å². The maximum absolute atomic E-state index is 12.8. The van der Waals surface area contributed by atoms with Crippen LogP contribution in [0.3, 0.4) is 0 Å². The molecule has 2 atom stereocenters. The Morgan fingerprint density at radius 1 is 1.25 bits per heavy atom. The minimum Gasteiger partial charge on any atom is -0.463 e. The highest BCUT2D eigenvalue weighted by molar-refractivity contribution is 5.99. The lowest BCUT2D eigenvalue weighted by Gasteiger charge is -2.18. The van der Waals surface area contributed by atoms with Gasteiger partial charge in [-0.15, -0.1) is 0 Å². The van der Waals surface area contributed by atoms with Crippen LogP contribution in [-0.4, -0.2) is 37.0 Å². The minimum atomic E-state index is -0.469. The molecule has 3 rings (SSSR count). The molecule has 1 fully saturated rings. The molecule has 2 amide bonds. The average molecular weight is 380 g/mol. The molecule has 1 saturated heterocycles. The lowest BCUT2D eigenvalue weighted by atomic mass is 9.97. The molecule has 1 heterocycles. The van der Waals surface area contributed by atoms with E-state index >= 15 is 0 Å². The summed E-state index contributed by atoms with van der Waals surface area (Å²) in [5.41, 5.74) is 0.532. The Morgan fingerprint density at radius 2 is 2.04 bits per heavy atom. The third-order valence-electron chi connectivity index (χ3n) is 4.78. The van der Waals surface area contributed by atoms with Crippen LogP contribution in [0.2, 0.25) is 0 Å². The van der Waals surface area contributed by atoms with Crippen LogP contribution in [0.25, 0.3) is 10.8 Å². The van der Waals surface area contributed by atoms with E-state index < -0.39 is 12.0 Å². The predicted octanol–water partition coefficient (Wildman–Crippen LogP) is 2.58. The van der Waals surface area contributed by atoms with Crippen molar-refractivity contribution in [3.05, 3.63) is 60.2 Å². The fourth-order valence-corrected chi connectivity index (χ4v) is 3.33. The zero-order valence-electron chi connectivity index (χ0n) is 15.8. The van der Waals surface area contributed by atoms with E-state index in [1.165, 1.54) is 6.08 Å². The quantitative estimate of drug-likeness (QED) is 0.571. The molecule has 6 heteroatoms. The molecule has 0 spiro atoms. The summed E-state index contributed by atoms with van der Waals surface area (Å²) in [6, 6.07) is 12.9. The second kappa shape index (κ2) is 9.17. The zero-order valence-corrected chi connectivity index (χ0v) is 15.8. The maximum Gasteiger partial charge on any atom is 0.330 e. The van der Waals surface area contributed by atoms with Crippen LogP contribution < -0.4 is 10.6 Å². The Labute approximate surface area is 163 Å². The third-order valence-corrected chi connectivity index (χ3v) is 4.78. The average Bonchev–Trinajstić information content (AvgIpc) is 3.10. The zero-order chi connectivity index (χ0) is 19.9. The molecule has 1 aliphatic heterocycles. The molecule has 0 aromatic heterocycles. The third kappa shape index (κ3) is 4.97. The monoisotopic (exact) mass is 380 g/mol. The molecule has 146 valence electrons. The van der Waals surface area contributed by atoms with Gasteiger partial charge >= 0.3 is 5.97 Å². The molecule has 0 saturated carbocycles. The first-order valence-electron chi connectivity index (χ1n) is 9.49. The van der Waals surface area contributed by atoms with Crippen molar-refractivity contribution in [2.45, 2.75) is 25.8 Å².